The Kier molecular flexibility index (Phi) is 6.39. The Hall–Kier alpha value is -2.21. The zero-order valence-corrected chi connectivity index (χ0v) is 15.7. The Balaban J connectivity index is 1.60. The Morgan fingerprint density at radius 1 is 1.23 bits per heavy atom. The van der Waals surface area contributed by atoms with Gasteiger partial charge in [-0.2, -0.15) is 5.10 Å². The lowest BCUT2D eigenvalue weighted by molar-refractivity contribution is -0.127. The molecule has 1 atom stereocenters. The van der Waals surface area contributed by atoms with Crippen LogP contribution in [0.4, 0.5) is 0 Å². The number of likely N-dealkylation sites (tertiary alicyclic amines) is 1. The average Bonchev–Trinajstić information content (AvgIpc) is 3.19. The van der Waals surface area contributed by atoms with Crippen LogP contribution in [0.2, 0.25) is 0 Å². The quantitative estimate of drug-likeness (QED) is 0.829. The zero-order valence-electron chi connectivity index (χ0n) is 15.7. The lowest BCUT2D eigenvalue weighted by atomic mass is 9.94. The highest BCUT2D eigenvalue weighted by Crippen LogP contribution is 2.22. The van der Waals surface area contributed by atoms with Crippen molar-refractivity contribution in [2.75, 3.05) is 13.1 Å². The Bertz CT molecular complexity index is 663. The number of rotatable bonds is 7. The van der Waals surface area contributed by atoms with E-state index in [9.17, 15) is 4.79 Å². The summed E-state index contributed by atoms with van der Waals surface area (Å²) in [5.74, 6) is 0.295. The van der Waals surface area contributed by atoms with Gasteiger partial charge in [0, 0.05) is 18.5 Å². The number of hydrogen-bond acceptors (Lipinski definition) is 4. The van der Waals surface area contributed by atoms with Crippen LogP contribution in [0, 0.1) is 5.92 Å². The first-order valence-corrected chi connectivity index (χ1v) is 9.55. The molecule has 0 unspecified atom stereocenters. The molecule has 0 saturated carbocycles. The maximum absolute atomic E-state index is 12.9. The van der Waals surface area contributed by atoms with E-state index in [1.807, 2.05) is 22.9 Å². The minimum absolute atomic E-state index is 0.00368. The van der Waals surface area contributed by atoms with Gasteiger partial charge in [0.1, 0.15) is 12.7 Å². The molecule has 2 aromatic rings. The molecule has 6 heteroatoms. The number of amides is 1. The van der Waals surface area contributed by atoms with Crippen LogP contribution >= 0.6 is 0 Å². The molecule has 0 radical (unpaired) electrons. The molecule has 6 nitrogen and oxygen atoms in total. The molecule has 0 aliphatic carbocycles. The van der Waals surface area contributed by atoms with Crippen LogP contribution in [-0.4, -0.2) is 44.7 Å². The summed E-state index contributed by atoms with van der Waals surface area (Å²) in [5.41, 5.74) is 1.14. The maximum atomic E-state index is 12.9. The molecule has 0 bridgehead atoms. The molecule has 1 amide bonds. The van der Waals surface area contributed by atoms with Gasteiger partial charge in [0.25, 0.3) is 0 Å². The van der Waals surface area contributed by atoms with Crippen molar-refractivity contribution in [3.8, 4) is 0 Å². The number of nitrogens with one attached hydrogen (secondary N) is 1. The molecule has 1 fully saturated rings. The van der Waals surface area contributed by atoms with E-state index >= 15 is 0 Å². The third-order valence-electron chi connectivity index (χ3n) is 5.26. The number of aromatic nitrogens is 3. The number of carbonyl (C=O) groups is 1. The van der Waals surface area contributed by atoms with Crippen LogP contribution in [0.3, 0.4) is 0 Å². The lowest BCUT2D eigenvalue weighted by Gasteiger charge is -2.34. The van der Waals surface area contributed by atoms with E-state index in [-0.39, 0.29) is 17.9 Å². The van der Waals surface area contributed by atoms with Gasteiger partial charge in [-0.05, 0) is 51.8 Å². The second kappa shape index (κ2) is 8.94. The summed E-state index contributed by atoms with van der Waals surface area (Å²) < 4.78 is 1.81. The first-order chi connectivity index (χ1) is 12.6. The number of hydrogen-bond donors (Lipinski definition) is 1. The van der Waals surface area contributed by atoms with Crippen molar-refractivity contribution in [2.45, 2.75) is 51.7 Å². The average molecular weight is 355 g/mol. The van der Waals surface area contributed by atoms with Crippen LogP contribution in [0.25, 0.3) is 0 Å². The second-order valence-corrected chi connectivity index (χ2v) is 7.32. The number of benzene rings is 1. The minimum Gasteiger partial charge on any atom is -0.349 e. The topological polar surface area (TPSA) is 63.1 Å². The monoisotopic (exact) mass is 355 g/mol. The van der Waals surface area contributed by atoms with Gasteiger partial charge in [-0.1, -0.05) is 30.3 Å². The predicted octanol–water partition coefficient (Wildman–Crippen LogP) is 2.65. The fraction of sp³-hybridized carbons (Fsp3) is 0.550. The molecular formula is C20H29N5O. The Labute approximate surface area is 155 Å². The molecule has 1 aromatic heterocycles. The van der Waals surface area contributed by atoms with Crippen LogP contribution in [0.1, 0.15) is 44.7 Å². The minimum atomic E-state index is -0.00368. The summed E-state index contributed by atoms with van der Waals surface area (Å²) in [6.07, 6.45) is 5.93. The van der Waals surface area contributed by atoms with E-state index in [1.165, 1.54) is 0 Å². The van der Waals surface area contributed by atoms with E-state index in [2.05, 4.69) is 46.3 Å². The van der Waals surface area contributed by atoms with Gasteiger partial charge in [0.15, 0.2) is 0 Å². The smallest absolute Gasteiger partial charge is 0.223 e. The second-order valence-electron chi connectivity index (χ2n) is 7.32. The largest absolute Gasteiger partial charge is 0.349 e. The fourth-order valence-corrected chi connectivity index (χ4v) is 3.58. The molecule has 1 saturated heterocycles. The van der Waals surface area contributed by atoms with Crippen LogP contribution in [0.5, 0.6) is 0 Å². The molecule has 1 N–H and O–H groups in total. The summed E-state index contributed by atoms with van der Waals surface area (Å²) >= 11 is 0. The standard InChI is InChI=1S/C20H29N5O/c1-16(2)24-11-8-18(9-12-24)20(26)23-19(17-6-4-3-5-7-17)10-13-25-15-21-14-22-25/h3-7,14-16,18-19H,8-13H2,1-2H3,(H,23,26)/t19-/m1/s1. The molecule has 140 valence electrons. The van der Waals surface area contributed by atoms with Crippen molar-refractivity contribution in [1.82, 2.24) is 25.0 Å². The first kappa shape index (κ1) is 18.6. The van der Waals surface area contributed by atoms with Crippen LogP contribution < -0.4 is 5.32 Å². The summed E-state index contributed by atoms with van der Waals surface area (Å²) in [5, 5.41) is 7.45. The fourth-order valence-electron chi connectivity index (χ4n) is 3.58. The summed E-state index contributed by atoms with van der Waals surface area (Å²) in [6.45, 7) is 7.17. The highest BCUT2D eigenvalue weighted by Gasteiger charge is 2.27. The molecule has 0 spiro atoms. The molecule has 26 heavy (non-hydrogen) atoms. The van der Waals surface area contributed by atoms with Crippen molar-refractivity contribution in [2.24, 2.45) is 5.92 Å². The summed E-state index contributed by atoms with van der Waals surface area (Å²) in [6, 6.07) is 10.7. The predicted molar refractivity (Wildman–Crippen MR) is 101 cm³/mol. The van der Waals surface area contributed by atoms with Gasteiger partial charge < -0.3 is 10.2 Å². The normalized spacial score (nSPS) is 17.3. The van der Waals surface area contributed by atoms with Crippen LogP contribution in [-0.2, 0) is 11.3 Å². The van der Waals surface area contributed by atoms with Gasteiger partial charge in [0.05, 0.1) is 6.04 Å². The van der Waals surface area contributed by atoms with Crippen molar-refractivity contribution < 1.29 is 4.79 Å². The SMILES string of the molecule is CC(C)N1CCC(C(=O)N[C@H](CCn2cncn2)c2ccccc2)CC1. The van der Waals surface area contributed by atoms with E-state index in [1.54, 1.807) is 12.7 Å². The molecule has 2 heterocycles. The van der Waals surface area contributed by atoms with E-state index in [0.717, 1.165) is 44.5 Å². The Morgan fingerprint density at radius 3 is 2.58 bits per heavy atom. The number of piperidine rings is 1. The van der Waals surface area contributed by atoms with Crippen molar-refractivity contribution in [3.63, 3.8) is 0 Å². The van der Waals surface area contributed by atoms with E-state index < -0.39 is 0 Å². The van der Waals surface area contributed by atoms with Gasteiger partial charge in [-0.3, -0.25) is 9.48 Å². The van der Waals surface area contributed by atoms with Gasteiger partial charge in [0.2, 0.25) is 5.91 Å². The third-order valence-corrected chi connectivity index (χ3v) is 5.26. The number of aryl methyl sites for hydroxylation is 1. The molecule has 1 aromatic carbocycles. The zero-order chi connectivity index (χ0) is 18.4. The highest BCUT2D eigenvalue weighted by atomic mass is 16.1. The van der Waals surface area contributed by atoms with Gasteiger partial charge >= 0.3 is 0 Å². The van der Waals surface area contributed by atoms with Crippen molar-refractivity contribution in [3.05, 3.63) is 48.5 Å². The maximum Gasteiger partial charge on any atom is 0.223 e. The van der Waals surface area contributed by atoms with E-state index in [4.69, 9.17) is 0 Å². The molecule has 1 aliphatic rings. The summed E-state index contributed by atoms with van der Waals surface area (Å²) in [7, 11) is 0. The van der Waals surface area contributed by atoms with E-state index in [0.29, 0.717) is 6.04 Å². The third kappa shape index (κ3) is 4.91. The lowest BCUT2D eigenvalue weighted by Crippen LogP contribution is -2.43. The van der Waals surface area contributed by atoms with Crippen LogP contribution in [0.15, 0.2) is 43.0 Å². The number of nitrogens with zero attached hydrogens (tertiary/aromatic N) is 4. The van der Waals surface area contributed by atoms with Gasteiger partial charge in [-0.15, -0.1) is 0 Å². The molecule has 1 aliphatic heterocycles. The van der Waals surface area contributed by atoms with Gasteiger partial charge in [-0.25, -0.2) is 4.98 Å². The number of carbonyl (C=O) groups excluding carboxylic acids is 1. The van der Waals surface area contributed by atoms with Crippen molar-refractivity contribution in [1.29, 1.82) is 0 Å². The summed E-state index contributed by atoms with van der Waals surface area (Å²) in [4.78, 5) is 19.3. The Morgan fingerprint density at radius 2 is 1.96 bits per heavy atom. The highest BCUT2D eigenvalue weighted by molar-refractivity contribution is 5.79. The van der Waals surface area contributed by atoms with Crippen molar-refractivity contribution >= 4 is 5.91 Å². The molecular weight excluding hydrogens is 326 g/mol. The molecule has 3 rings (SSSR count). The first-order valence-electron chi connectivity index (χ1n) is 9.55.